The number of amides is 1. The van der Waals surface area contributed by atoms with E-state index < -0.39 is 28.0 Å². The van der Waals surface area contributed by atoms with Crippen molar-refractivity contribution in [3.8, 4) is 5.75 Å². The van der Waals surface area contributed by atoms with Gasteiger partial charge in [-0.15, -0.1) is 0 Å². The van der Waals surface area contributed by atoms with Crippen LogP contribution in [0.5, 0.6) is 5.75 Å². The van der Waals surface area contributed by atoms with Gasteiger partial charge in [-0.2, -0.15) is 4.72 Å². The molecule has 2 aromatic carbocycles. The van der Waals surface area contributed by atoms with E-state index in [2.05, 4.69) is 10.0 Å². The van der Waals surface area contributed by atoms with Crippen molar-refractivity contribution in [1.82, 2.24) is 10.0 Å². The first-order valence-corrected chi connectivity index (χ1v) is 10.8. The van der Waals surface area contributed by atoms with Gasteiger partial charge in [-0.3, -0.25) is 4.79 Å². The molecule has 0 aliphatic carbocycles. The van der Waals surface area contributed by atoms with Crippen molar-refractivity contribution in [3.63, 3.8) is 0 Å². The van der Waals surface area contributed by atoms with Gasteiger partial charge < -0.3 is 10.1 Å². The lowest BCUT2D eigenvalue weighted by molar-refractivity contribution is -0.123. The summed E-state index contributed by atoms with van der Waals surface area (Å²) in [6, 6.07) is 10.4. The Bertz CT molecular complexity index is 913. The number of methoxy groups -OCH3 is 1. The van der Waals surface area contributed by atoms with Crippen molar-refractivity contribution in [2.24, 2.45) is 5.92 Å². The molecule has 0 spiro atoms. The van der Waals surface area contributed by atoms with Crippen molar-refractivity contribution in [1.29, 1.82) is 0 Å². The fourth-order valence-electron chi connectivity index (χ4n) is 2.84. The predicted molar refractivity (Wildman–Crippen MR) is 110 cm³/mol. The molecule has 0 aromatic heterocycles. The van der Waals surface area contributed by atoms with Crippen LogP contribution in [0, 0.1) is 11.7 Å². The first-order chi connectivity index (χ1) is 13.6. The Kier molecular flexibility index (Phi) is 7.75. The Morgan fingerprint density at radius 1 is 1.03 bits per heavy atom. The molecule has 2 aromatic rings. The molecule has 0 aliphatic rings. The molecule has 2 rings (SSSR count). The molecule has 2 unspecified atom stereocenters. The van der Waals surface area contributed by atoms with Gasteiger partial charge in [0.15, 0.2) is 0 Å². The highest BCUT2D eigenvalue weighted by molar-refractivity contribution is 7.89. The summed E-state index contributed by atoms with van der Waals surface area (Å²) < 4.78 is 46.2. The van der Waals surface area contributed by atoms with E-state index in [9.17, 15) is 17.6 Å². The summed E-state index contributed by atoms with van der Waals surface area (Å²) >= 11 is 0. The van der Waals surface area contributed by atoms with Gasteiger partial charge in [0.1, 0.15) is 17.6 Å². The number of hydrogen-bond acceptors (Lipinski definition) is 4. The van der Waals surface area contributed by atoms with Gasteiger partial charge in [0.2, 0.25) is 15.9 Å². The monoisotopic (exact) mass is 422 g/mol. The molecule has 6 nitrogen and oxygen atoms in total. The third-order valence-electron chi connectivity index (χ3n) is 4.42. The average Bonchev–Trinajstić information content (AvgIpc) is 2.67. The van der Waals surface area contributed by atoms with Crippen molar-refractivity contribution in [3.05, 3.63) is 59.9 Å². The van der Waals surface area contributed by atoms with Crippen LogP contribution in [0.15, 0.2) is 53.4 Å². The fourth-order valence-corrected chi connectivity index (χ4v) is 4.05. The zero-order valence-corrected chi connectivity index (χ0v) is 17.8. The maximum atomic E-state index is 13.1. The largest absolute Gasteiger partial charge is 0.497 e. The second-order valence-electron chi connectivity index (χ2n) is 7.26. The van der Waals surface area contributed by atoms with Crippen LogP contribution in [0.1, 0.15) is 38.8 Å². The van der Waals surface area contributed by atoms with Crippen LogP contribution in [0.2, 0.25) is 0 Å². The predicted octanol–water partition coefficient (Wildman–Crippen LogP) is 3.40. The molecule has 0 bridgehead atoms. The Labute approximate surface area is 171 Å². The quantitative estimate of drug-likeness (QED) is 0.649. The molecule has 29 heavy (non-hydrogen) atoms. The van der Waals surface area contributed by atoms with Crippen LogP contribution in [-0.4, -0.2) is 27.5 Å². The normalized spacial score (nSPS) is 13.7. The second-order valence-corrected chi connectivity index (χ2v) is 8.97. The highest BCUT2D eigenvalue weighted by atomic mass is 32.2. The van der Waals surface area contributed by atoms with Gasteiger partial charge in [-0.05, 0) is 61.2 Å². The molecule has 0 saturated heterocycles. The summed E-state index contributed by atoms with van der Waals surface area (Å²) in [5.41, 5.74) is 0.723. The van der Waals surface area contributed by atoms with E-state index in [0.29, 0.717) is 12.2 Å². The third kappa shape index (κ3) is 6.54. The summed E-state index contributed by atoms with van der Waals surface area (Å²) in [5.74, 6) is -0.177. The molecule has 158 valence electrons. The van der Waals surface area contributed by atoms with Crippen molar-refractivity contribution >= 4 is 15.9 Å². The minimum Gasteiger partial charge on any atom is -0.497 e. The topological polar surface area (TPSA) is 84.5 Å². The summed E-state index contributed by atoms with van der Waals surface area (Å²) in [5, 5.41) is 2.81. The lowest BCUT2D eigenvalue weighted by atomic mass is 10.0. The number of carbonyl (C=O) groups is 1. The Hall–Kier alpha value is -2.45. The minimum absolute atomic E-state index is 0.0476. The Morgan fingerprint density at radius 2 is 1.62 bits per heavy atom. The molecule has 0 heterocycles. The number of nitrogens with one attached hydrogen (secondary N) is 2. The van der Waals surface area contributed by atoms with Gasteiger partial charge in [0.05, 0.1) is 18.0 Å². The summed E-state index contributed by atoms with van der Waals surface area (Å²) in [4.78, 5) is 12.9. The molecule has 2 atom stereocenters. The van der Waals surface area contributed by atoms with Crippen molar-refractivity contribution in [2.75, 3.05) is 7.11 Å². The maximum absolute atomic E-state index is 13.1. The van der Waals surface area contributed by atoms with Gasteiger partial charge >= 0.3 is 0 Å². The van der Waals surface area contributed by atoms with E-state index in [1.807, 2.05) is 13.8 Å². The number of carbonyl (C=O) groups excluding carboxylic acids is 1. The molecule has 8 heteroatoms. The van der Waals surface area contributed by atoms with E-state index in [-0.39, 0.29) is 16.6 Å². The van der Waals surface area contributed by atoms with Crippen LogP contribution in [0.25, 0.3) is 0 Å². The lowest BCUT2D eigenvalue weighted by Gasteiger charge is -2.23. The molecule has 2 N–H and O–H groups in total. The summed E-state index contributed by atoms with van der Waals surface area (Å²) in [7, 11) is -2.40. The molecular weight excluding hydrogens is 395 g/mol. The number of rotatable bonds is 9. The van der Waals surface area contributed by atoms with E-state index in [1.165, 1.54) is 31.4 Å². The molecule has 0 radical (unpaired) electrons. The number of benzene rings is 2. The third-order valence-corrected chi connectivity index (χ3v) is 5.91. The van der Waals surface area contributed by atoms with Gasteiger partial charge in [0, 0.05) is 0 Å². The van der Waals surface area contributed by atoms with E-state index >= 15 is 0 Å². The highest BCUT2D eigenvalue weighted by Crippen LogP contribution is 2.18. The van der Waals surface area contributed by atoms with Crippen LogP contribution in [0.4, 0.5) is 4.39 Å². The van der Waals surface area contributed by atoms with Crippen LogP contribution in [0.3, 0.4) is 0 Å². The van der Waals surface area contributed by atoms with Crippen LogP contribution in [-0.2, 0) is 14.8 Å². The second kappa shape index (κ2) is 9.84. The number of halogens is 1. The number of ether oxygens (including phenoxy) is 1. The zero-order chi connectivity index (χ0) is 21.6. The zero-order valence-electron chi connectivity index (χ0n) is 17.0. The van der Waals surface area contributed by atoms with Crippen molar-refractivity contribution in [2.45, 2.75) is 44.2 Å². The van der Waals surface area contributed by atoms with Crippen molar-refractivity contribution < 1.29 is 22.3 Å². The molecular formula is C21H27FN2O4S. The standard InChI is InChI=1S/C21H27FN2O4S/c1-14(2)13-20(21(25)23-15(3)16-5-7-17(22)8-6-16)24-29(26,27)19-11-9-18(28-4)10-12-19/h5-12,14-15,20,24H,13H2,1-4H3,(H,23,25). The highest BCUT2D eigenvalue weighted by Gasteiger charge is 2.27. The van der Waals surface area contributed by atoms with E-state index in [1.54, 1.807) is 31.2 Å². The Morgan fingerprint density at radius 3 is 2.14 bits per heavy atom. The summed E-state index contributed by atoms with van der Waals surface area (Å²) in [6.07, 6.45) is 0.331. The average molecular weight is 423 g/mol. The first kappa shape index (κ1) is 22.8. The maximum Gasteiger partial charge on any atom is 0.241 e. The molecule has 0 fully saturated rings. The van der Waals surface area contributed by atoms with Crippen LogP contribution >= 0.6 is 0 Å². The number of sulfonamides is 1. The summed E-state index contributed by atoms with van der Waals surface area (Å²) in [6.45, 7) is 5.58. The SMILES string of the molecule is COc1ccc(S(=O)(=O)NC(CC(C)C)C(=O)NC(C)c2ccc(F)cc2)cc1. The fraction of sp³-hybridized carbons (Fsp3) is 0.381. The first-order valence-electron chi connectivity index (χ1n) is 9.34. The van der Waals surface area contributed by atoms with E-state index in [4.69, 9.17) is 4.74 Å². The van der Waals surface area contributed by atoms with Crippen LogP contribution < -0.4 is 14.8 Å². The van der Waals surface area contributed by atoms with Gasteiger partial charge in [-0.25, -0.2) is 12.8 Å². The van der Waals surface area contributed by atoms with Gasteiger partial charge in [0.25, 0.3) is 0 Å². The number of hydrogen-bond donors (Lipinski definition) is 2. The molecule has 0 aliphatic heterocycles. The Balaban J connectivity index is 2.16. The molecule has 1 amide bonds. The molecule has 0 saturated carbocycles. The minimum atomic E-state index is -3.90. The smallest absolute Gasteiger partial charge is 0.241 e. The van der Waals surface area contributed by atoms with E-state index in [0.717, 1.165) is 5.56 Å². The lowest BCUT2D eigenvalue weighted by Crippen LogP contribution is -2.47. The van der Waals surface area contributed by atoms with Gasteiger partial charge in [-0.1, -0.05) is 26.0 Å².